The number of carbonyl (C=O) groups excluding carboxylic acids is 1. The van der Waals surface area contributed by atoms with Crippen LogP contribution >= 0.6 is 0 Å². The number of nitro groups is 1. The summed E-state index contributed by atoms with van der Waals surface area (Å²) in [6.45, 7) is 2.97. The number of pyridine rings is 1. The minimum absolute atomic E-state index is 0.0246. The molecule has 1 rings (SSSR count). The van der Waals surface area contributed by atoms with E-state index in [4.69, 9.17) is 10.00 Å². The van der Waals surface area contributed by atoms with E-state index in [1.54, 1.807) is 13.0 Å². The first-order valence-corrected chi connectivity index (χ1v) is 5.14. The van der Waals surface area contributed by atoms with Gasteiger partial charge in [-0.2, -0.15) is 5.26 Å². The van der Waals surface area contributed by atoms with Gasteiger partial charge in [-0.25, -0.2) is 4.79 Å². The molecule has 7 nitrogen and oxygen atoms in total. The molecule has 1 heterocycles. The van der Waals surface area contributed by atoms with E-state index < -0.39 is 16.3 Å². The second-order valence-electron chi connectivity index (χ2n) is 3.61. The summed E-state index contributed by atoms with van der Waals surface area (Å²) < 4.78 is 4.78. The summed E-state index contributed by atoms with van der Waals surface area (Å²) in [5, 5.41) is 20.0. The van der Waals surface area contributed by atoms with Gasteiger partial charge in [0.05, 0.1) is 23.2 Å². The van der Waals surface area contributed by atoms with E-state index in [1.165, 1.54) is 19.2 Å². The first-order valence-electron chi connectivity index (χ1n) is 5.14. The van der Waals surface area contributed by atoms with Gasteiger partial charge < -0.3 is 4.74 Å². The van der Waals surface area contributed by atoms with Crippen LogP contribution in [0.4, 0.5) is 5.69 Å². The number of hydrogen-bond donors (Lipinski definition) is 0. The van der Waals surface area contributed by atoms with E-state index in [-0.39, 0.29) is 17.9 Å². The van der Waals surface area contributed by atoms with E-state index in [2.05, 4.69) is 4.98 Å². The molecule has 0 aliphatic rings. The first kappa shape index (κ1) is 13.6. The Labute approximate surface area is 103 Å². The molecule has 0 fully saturated rings. The number of carbonyl (C=O) groups is 1. The van der Waals surface area contributed by atoms with Crippen LogP contribution in [0.2, 0.25) is 0 Å². The Morgan fingerprint density at radius 1 is 1.72 bits per heavy atom. The minimum atomic E-state index is -1.72. The fourth-order valence-electron chi connectivity index (χ4n) is 1.45. The lowest BCUT2D eigenvalue weighted by Crippen LogP contribution is -2.33. The molecule has 0 radical (unpaired) electrons. The van der Waals surface area contributed by atoms with Crippen molar-refractivity contribution in [1.82, 2.24) is 4.98 Å². The molecule has 94 valence electrons. The number of nitriles is 1. The highest BCUT2D eigenvalue weighted by atomic mass is 16.6. The lowest BCUT2D eigenvalue weighted by molar-refractivity contribution is -0.386. The zero-order valence-corrected chi connectivity index (χ0v) is 9.91. The quantitative estimate of drug-likeness (QED) is 0.452. The smallest absolute Gasteiger partial charge is 0.331 e. The van der Waals surface area contributed by atoms with Crippen LogP contribution in [-0.2, 0) is 14.9 Å². The summed E-state index contributed by atoms with van der Waals surface area (Å²) >= 11 is 0. The van der Waals surface area contributed by atoms with Gasteiger partial charge in [-0.3, -0.25) is 15.1 Å². The maximum atomic E-state index is 11.8. The van der Waals surface area contributed by atoms with Crippen molar-refractivity contribution in [1.29, 1.82) is 5.26 Å². The molecule has 0 aromatic carbocycles. The van der Waals surface area contributed by atoms with Crippen molar-refractivity contribution in [2.45, 2.75) is 19.3 Å². The molecule has 0 saturated carbocycles. The van der Waals surface area contributed by atoms with Crippen molar-refractivity contribution in [3.63, 3.8) is 0 Å². The van der Waals surface area contributed by atoms with Gasteiger partial charge in [0.15, 0.2) is 5.41 Å². The van der Waals surface area contributed by atoms with Crippen LogP contribution in [0.3, 0.4) is 0 Å². The molecule has 0 spiro atoms. The molecule has 1 atom stereocenters. The summed E-state index contributed by atoms with van der Waals surface area (Å²) in [6.07, 6.45) is 2.29. The fraction of sp³-hybridized carbons (Fsp3) is 0.364. The Bertz CT molecular complexity index is 523. The molecule has 7 heteroatoms. The third kappa shape index (κ3) is 2.27. The summed E-state index contributed by atoms with van der Waals surface area (Å²) in [5.41, 5.74) is -2.13. The molecule has 1 aromatic heterocycles. The van der Waals surface area contributed by atoms with Crippen LogP contribution in [-0.4, -0.2) is 22.5 Å². The lowest BCUT2D eigenvalue weighted by atomic mass is 9.83. The number of nitrogens with zero attached hydrogens (tertiary/aromatic N) is 3. The van der Waals surface area contributed by atoms with Crippen molar-refractivity contribution in [2.24, 2.45) is 0 Å². The second-order valence-corrected chi connectivity index (χ2v) is 3.61. The number of esters is 1. The average molecular weight is 249 g/mol. The predicted octanol–water partition coefficient (Wildman–Crippen LogP) is 1.33. The standard InChI is InChI=1S/C11H11N3O4/c1-3-18-10(15)11(2,7-12)8-4-5-13-6-9(8)14(16)17/h4-6H,3H2,1-2H3. The second kappa shape index (κ2) is 5.23. The van der Waals surface area contributed by atoms with Gasteiger partial charge in [0.25, 0.3) is 5.69 Å². The van der Waals surface area contributed by atoms with Crippen LogP contribution in [0, 0.1) is 21.4 Å². The van der Waals surface area contributed by atoms with E-state index in [0.29, 0.717) is 0 Å². The van der Waals surface area contributed by atoms with Crippen LogP contribution < -0.4 is 0 Å². The van der Waals surface area contributed by atoms with E-state index in [0.717, 1.165) is 6.20 Å². The fourth-order valence-corrected chi connectivity index (χ4v) is 1.45. The highest BCUT2D eigenvalue weighted by Crippen LogP contribution is 2.31. The van der Waals surface area contributed by atoms with E-state index in [9.17, 15) is 14.9 Å². The molecular weight excluding hydrogens is 238 g/mol. The van der Waals surface area contributed by atoms with Gasteiger partial charge >= 0.3 is 5.97 Å². The van der Waals surface area contributed by atoms with Gasteiger partial charge in [-0.1, -0.05) is 0 Å². The number of hydrogen-bond acceptors (Lipinski definition) is 6. The molecule has 0 amide bonds. The van der Waals surface area contributed by atoms with E-state index >= 15 is 0 Å². The molecule has 18 heavy (non-hydrogen) atoms. The maximum Gasteiger partial charge on any atom is 0.331 e. The normalized spacial score (nSPS) is 13.2. The summed E-state index contributed by atoms with van der Waals surface area (Å²) in [6, 6.07) is 3.04. The summed E-state index contributed by atoms with van der Waals surface area (Å²) in [7, 11) is 0. The zero-order valence-electron chi connectivity index (χ0n) is 9.91. The number of aromatic nitrogens is 1. The Morgan fingerprint density at radius 2 is 2.39 bits per heavy atom. The van der Waals surface area contributed by atoms with Crippen molar-refractivity contribution in [3.8, 4) is 6.07 Å². The topological polar surface area (TPSA) is 106 Å². The van der Waals surface area contributed by atoms with Crippen LogP contribution in [0.25, 0.3) is 0 Å². The Balaban J connectivity index is 3.38. The van der Waals surface area contributed by atoms with Gasteiger partial charge in [0.1, 0.15) is 6.20 Å². The number of rotatable bonds is 4. The van der Waals surface area contributed by atoms with Gasteiger partial charge in [-0.15, -0.1) is 0 Å². The van der Waals surface area contributed by atoms with Gasteiger partial charge in [0.2, 0.25) is 0 Å². The third-order valence-electron chi connectivity index (χ3n) is 2.44. The largest absolute Gasteiger partial charge is 0.465 e. The zero-order chi connectivity index (χ0) is 13.8. The molecule has 0 N–H and O–H groups in total. The first-order chi connectivity index (χ1) is 8.47. The third-order valence-corrected chi connectivity index (χ3v) is 2.44. The molecular formula is C11H11N3O4. The van der Waals surface area contributed by atoms with Crippen molar-refractivity contribution in [2.75, 3.05) is 6.61 Å². The molecule has 1 aromatic rings. The van der Waals surface area contributed by atoms with Crippen molar-refractivity contribution in [3.05, 3.63) is 34.1 Å². The van der Waals surface area contributed by atoms with Gasteiger partial charge in [-0.05, 0) is 19.9 Å². The Morgan fingerprint density at radius 3 is 2.89 bits per heavy atom. The average Bonchev–Trinajstić information content (AvgIpc) is 2.38. The van der Waals surface area contributed by atoms with Crippen molar-refractivity contribution < 1.29 is 14.5 Å². The number of ether oxygens (including phenoxy) is 1. The SMILES string of the molecule is CCOC(=O)C(C)(C#N)c1ccncc1[N+](=O)[O-]. The Hall–Kier alpha value is -2.49. The summed E-state index contributed by atoms with van der Waals surface area (Å²) in [5.74, 6) is -0.818. The van der Waals surface area contributed by atoms with Crippen LogP contribution in [0.1, 0.15) is 19.4 Å². The molecule has 0 bridgehead atoms. The minimum Gasteiger partial charge on any atom is -0.465 e. The highest BCUT2D eigenvalue weighted by molar-refractivity contribution is 5.87. The summed E-state index contributed by atoms with van der Waals surface area (Å²) in [4.78, 5) is 25.6. The molecule has 1 unspecified atom stereocenters. The van der Waals surface area contributed by atoms with Crippen LogP contribution in [0.5, 0.6) is 0 Å². The van der Waals surface area contributed by atoms with Crippen molar-refractivity contribution >= 4 is 11.7 Å². The lowest BCUT2D eigenvalue weighted by Gasteiger charge is -2.19. The van der Waals surface area contributed by atoms with Crippen LogP contribution in [0.15, 0.2) is 18.5 Å². The highest BCUT2D eigenvalue weighted by Gasteiger charge is 2.42. The predicted molar refractivity (Wildman–Crippen MR) is 60.5 cm³/mol. The molecule has 0 saturated heterocycles. The Kier molecular flexibility index (Phi) is 3.94. The molecule has 0 aliphatic carbocycles. The maximum absolute atomic E-state index is 11.8. The van der Waals surface area contributed by atoms with Gasteiger partial charge in [0, 0.05) is 6.20 Å². The van der Waals surface area contributed by atoms with E-state index in [1.807, 2.05) is 0 Å². The molecule has 0 aliphatic heterocycles. The monoisotopic (exact) mass is 249 g/mol.